The molecule has 1 aliphatic heterocycles. The van der Waals surface area contributed by atoms with E-state index in [9.17, 15) is 9.59 Å². The molecular weight excluding hydrogens is 198 g/mol. The Hall–Kier alpha value is -1.26. The van der Waals surface area contributed by atoms with Crippen molar-refractivity contribution in [1.82, 2.24) is 4.90 Å². The SMILES string of the molecule is CCCCCN1CC(CC(=O)O)OC1=O. The largest absolute Gasteiger partial charge is 0.481 e. The Morgan fingerprint density at radius 3 is 2.93 bits per heavy atom. The molecule has 0 bridgehead atoms. The number of unbranched alkanes of at least 4 members (excludes halogenated alkanes) is 2. The summed E-state index contributed by atoms with van der Waals surface area (Å²) in [6.07, 6.45) is 2.17. The number of amides is 1. The molecule has 0 saturated carbocycles. The molecule has 0 aliphatic carbocycles. The molecule has 1 atom stereocenters. The van der Waals surface area contributed by atoms with Crippen LogP contribution >= 0.6 is 0 Å². The van der Waals surface area contributed by atoms with E-state index in [0.717, 1.165) is 19.3 Å². The number of cyclic esters (lactones) is 1. The molecular formula is C10H17NO4. The van der Waals surface area contributed by atoms with Crippen LogP contribution in [0.15, 0.2) is 0 Å². The number of ether oxygens (including phenoxy) is 1. The molecule has 0 radical (unpaired) electrons. The lowest BCUT2D eigenvalue weighted by molar-refractivity contribution is -0.138. The number of carbonyl (C=O) groups excluding carboxylic acids is 1. The van der Waals surface area contributed by atoms with Gasteiger partial charge in [0.1, 0.15) is 6.10 Å². The van der Waals surface area contributed by atoms with Gasteiger partial charge in [-0.25, -0.2) is 4.79 Å². The number of hydrogen-bond donors (Lipinski definition) is 1. The highest BCUT2D eigenvalue weighted by Crippen LogP contribution is 2.14. The maximum absolute atomic E-state index is 11.3. The van der Waals surface area contributed by atoms with E-state index >= 15 is 0 Å². The number of nitrogens with zero attached hydrogens (tertiary/aromatic N) is 1. The molecule has 5 heteroatoms. The highest BCUT2D eigenvalue weighted by atomic mass is 16.6. The van der Waals surface area contributed by atoms with Gasteiger partial charge in [-0.1, -0.05) is 19.8 Å². The van der Waals surface area contributed by atoms with Gasteiger partial charge in [-0.2, -0.15) is 0 Å². The van der Waals surface area contributed by atoms with Crippen molar-refractivity contribution < 1.29 is 19.4 Å². The van der Waals surface area contributed by atoms with Crippen molar-refractivity contribution in [2.75, 3.05) is 13.1 Å². The second-order valence-electron chi connectivity index (χ2n) is 3.76. The van der Waals surface area contributed by atoms with E-state index in [1.54, 1.807) is 4.90 Å². The van der Waals surface area contributed by atoms with E-state index in [2.05, 4.69) is 6.92 Å². The first kappa shape index (κ1) is 11.8. The van der Waals surface area contributed by atoms with Crippen LogP contribution in [0.25, 0.3) is 0 Å². The molecule has 1 saturated heterocycles. The number of rotatable bonds is 6. The Morgan fingerprint density at radius 2 is 2.33 bits per heavy atom. The van der Waals surface area contributed by atoms with Gasteiger partial charge in [-0.15, -0.1) is 0 Å². The van der Waals surface area contributed by atoms with Crippen molar-refractivity contribution in [3.05, 3.63) is 0 Å². The lowest BCUT2D eigenvalue weighted by Crippen LogP contribution is -2.26. The number of hydrogen-bond acceptors (Lipinski definition) is 3. The molecule has 1 amide bonds. The van der Waals surface area contributed by atoms with Gasteiger partial charge in [0.2, 0.25) is 0 Å². The first-order valence-electron chi connectivity index (χ1n) is 5.30. The zero-order valence-corrected chi connectivity index (χ0v) is 8.94. The third-order valence-corrected chi connectivity index (χ3v) is 2.38. The van der Waals surface area contributed by atoms with E-state index in [0.29, 0.717) is 13.1 Å². The average Bonchev–Trinajstić information content (AvgIpc) is 2.46. The van der Waals surface area contributed by atoms with Crippen molar-refractivity contribution in [2.45, 2.75) is 38.7 Å². The summed E-state index contributed by atoms with van der Waals surface area (Å²) in [6, 6.07) is 0. The van der Waals surface area contributed by atoms with Crippen LogP contribution in [0.5, 0.6) is 0 Å². The average molecular weight is 215 g/mol. The second-order valence-corrected chi connectivity index (χ2v) is 3.76. The van der Waals surface area contributed by atoms with Crippen LogP contribution in [0.1, 0.15) is 32.6 Å². The molecule has 1 aliphatic rings. The van der Waals surface area contributed by atoms with E-state index in [1.165, 1.54) is 0 Å². The Balaban J connectivity index is 2.29. The number of carbonyl (C=O) groups is 2. The van der Waals surface area contributed by atoms with Crippen LogP contribution in [0.4, 0.5) is 4.79 Å². The lowest BCUT2D eigenvalue weighted by Gasteiger charge is -2.11. The summed E-state index contributed by atoms with van der Waals surface area (Å²) >= 11 is 0. The number of aliphatic carboxylic acids is 1. The fourth-order valence-electron chi connectivity index (χ4n) is 1.61. The van der Waals surface area contributed by atoms with Crippen molar-refractivity contribution in [3.8, 4) is 0 Å². The Morgan fingerprint density at radius 1 is 1.60 bits per heavy atom. The van der Waals surface area contributed by atoms with Gasteiger partial charge in [0.05, 0.1) is 13.0 Å². The maximum atomic E-state index is 11.3. The van der Waals surface area contributed by atoms with Crippen LogP contribution in [-0.4, -0.2) is 41.3 Å². The summed E-state index contributed by atoms with van der Waals surface area (Å²) in [5.74, 6) is -0.928. The molecule has 1 heterocycles. The zero-order valence-electron chi connectivity index (χ0n) is 8.94. The highest BCUT2D eigenvalue weighted by molar-refractivity contribution is 5.72. The van der Waals surface area contributed by atoms with Gasteiger partial charge in [0.15, 0.2) is 0 Å². The Labute approximate surface area is 89.0 Å². The minimum atomic E-state index is -0.928. The van der Waals surface area contributed by atoms with Crippen LogP contribution < -0.4 is 0 Å². The predicted octanol–water partition coefficient (Wildman–Crippen LogP) is 1.47. The molecule has 0 spiro atoms. The molecule has 1 rings (SSSR count). The lowest BCUT2D eigenvalue weighted by atomic mass is 10.2. The fourth-order valence-corrected chi connectivity index (χ4v) is 1.61. The summed E-state index contributed by atoms with van der Waals surface area (Å²) in [7, 11) is 0. The first-order chi connectivity index (χ1) is 7.13. The topological polar surface area (TPSA) is 66.8 Å². The molecule has 0 aromatic carbocycles. The highest BCUT2D eigenvalue weighted by Gasteiger charge is 2.31. The van der Waals surface area contributed by atoms with E-state index in [4.69, 9.17) is 9.84 Å². The Kier molecular flexibility index (Phi) is 4.39. The fraction of sp³-hybridized carbons (Fsp3) is 0.800. The third-order valence-electron chi connectivity index (χ3n) is 2.38. The van der Waals surface area contributed by atoms with Gasteiger partial charge in [0, 0.05) is 6.54 Å². The van der Waals surface area contributed by atoms with Crippen molar-refractivity contribution in [1.29, 1.82) is 0 Å². The van der Waals surface area contributed by atoms with Crippen LogP contribution in [-0.2, 0) is 9.53 Å². The van der Waals surface area contributed by atoms with Crippen molar-refractivity contribution >= 4 is 12.1 Å². The van der Waals surface area contributed by atoms with Gasteiger partial charge < -0.3 is 14.7 Å². The smallest absolute Gasteiger partial charge is 0.410 e. The maximum Gasteiger partial charge on any atom is 0.410 e. The minimum absolute atomic E-state index is 0.101. The summed E-state index contributed by atoms with van der Waals surface area (Å²) < 4.78 is 4.92. The molecule has 86 valence electrons. The molecule has 15 heavy (non-hydrogen) atoms. The molecule has 1 fully saturated rings. The van der Waals surface area contributed by atoms with E-state index in [1.807, 2.05) is 0 Å². The van der Waals surface area contributed by atoms with Gasteiger partial charge in [-0.3, -0.25) is 4.79 Å². The summed E-state index contributed by atoms with van der Waals surface area (Å²) in [5.41, 5.74) is 0. The molecule has 0 aromatic rings. The van der Waals surface area contributed by atoms with Gasteiger partial charge in [-0.05, 0) is 6.42 Å². The molecule has 0 aromatic heterocycles. The quantitative estimate of drug-likeness (QED) is 0.681. The third kappa shape index (κ3) is 3.77. The normalized spacial score (nSPS) is 20.5. The van der Waals surface area contributed by atoms with E-state index in [-0.39, 0.29) is 12.5 Å². The van der Waals surface area contributed by atoms with Crippen molar-refractivity contribution in [3.63, 3.8) is 0 Å². The summed E-state index contributed by atoms with van der Waals surface area (Å²) in [6.45, 7) is 3.17. The summed E-state index contributed by atoms with van der Waals surface area (Å²) in [5, 5.41) is 8.55. The predicted molar refractivity (Wildman–Crippen MR) is 53.6 cm³/mol. The van der Waals surface area contributed by atoms with Gasteiger partial charge in [0.25, 0.3) is 0 Å². The molecule has 1 N–H and O–H groups in total. The second kappa shape index (κ2) is 5.58. The molecule has 1 unspecified atom stereocenters. The monoisotopic (exact) mass is 215 g/mol. The van der Waals surface area contributed by atoms with Crippen LogP contribution in [0.2, 0.25) is 0 Å². The standard InChI is InChI=1S/C10H17NO4/c1-2-3-4-5-11-7-8(6-9(12)13)15-10(11)14/h8H,2-7H2,1H3,(H,12,13). The Bertz CT molecular complexity index is 242. The number of carboxylic acids is 1. The van der Waals surface area contributed by atoms with Crippen LogP contribution in [0, 0.1) is 0 Å². The van der Waals surface area contributed by atoms with Crippen LogP contribution in [0.3, 0.4) is 0 Å². The summed E-state index contributed by atoms with van der Waals surface area (Å²) in [4.78, 5) is 23.3. The minimum Gasteiger partial charge on any atom is -0.481 e. The van der Waals surface area contributed by atoms with Gasteiger partial charge >= 0.3 is 12.1 Å². The first-order valence-corrected chi connectivity index (χ1v) is 5.30. The zero-order chi connectivity index (χ0) is 11.3. The van der Waals surface area contributed by atoms with Crippen molar-refractivity contribution in [2.24, 2.45) is 0 Å². The van der Waals surface area contributed by atoms with E-state index < -0.39 is 12.1 Å². The molecule has 5 nitrogen and oxygen atoms in total. The number of carboxylic acid groups (broad SMARTS) is 1.